The van der Waals surface area contributed by atoms with Crippen LogP contribution in [0.4, 0.5) is 4.39 Å². The van der Waals surface area contributed by atoms with Crippen molar-refractivity contribution in [1.82, 2.24) is 0 Å². The molecule has 0 N–H and O–H groups in total. The summed E-state index contributed by atoms with van der Waals surface area (Å²) in [6.07, 6.45) is 3.95. The molecule has 1 fully saturated rings. The van der Waals surface area contributed by atoms with Gasteiger partial charge in [0, 0.05) is 0 Å². The zero-order chi connectivity index (χ0) is 12.3. The summed E-state index contributed by atoms with van der Waals surface area (Å²) in [7, 11) is 0. The fraction of sp³-hybridized carbons (Fsp3) is 1.00. The van der Waals surface area contributed by atoms with E-state index in [1.165, 1.54) is 12.8 Å². The SMILES string of the molecule is CCC1C[C@H](C)C(F)C(C)CC[C@H](C)C1C. The Labute approximate surface area is 101 Å². The lowest BCUT2D eigenvalue weighted by molar-refractivity contribution is 0.140. The molecule has 96 valence electrons. The molecule has 0 aromatic rings. The van der Waals surface area contributed by atoms with Crippen LogP contribution in [0.3, 0.4) is 0 Å². The Morgan fingerprint density at radius 1 is 0.938 bits per heavy atom. The van der Waals surface area contributed by atoms with Crippen LogP contribution in [0.2, 0.25) is 0 Å². The van der Waals surface area contributed by atoms with Crippen LogP contribution in [0.15, 0.2) is 0 Å². The van der Waals surface area contributed by atoms with Crippen molar-refractivity contribution in [3.63, 3.8) is 0 Å². The minimum absolute atomic E-state index is 0.243. The first-order valence-electron chi connectivity index (χ1n) is 7.11. The van der Waals surface area contributed by atoms with Crippen LogP contribution in [-0.4, -0.2) is 6.17 Å². The van der Waals surface area contributed by atoms with Gasteiger partial charge in [-0.05, 0) is 42.4 Å². The third-order valence-electron chi connectivity index (χ3n) is 5.00. The molecule has 1 aliphatic rings. The lowest BCUT2D eigenvalue weighted by Crippen LogP contribution is -2.24. The van der Waals surface area contributed by atoms with E-state index >= 15 is 0 Å². The topological polar surface area (TPSA) is 0 Å². The largest absolute Gasteiger partial charge is 0.247 e. The van der Waals surface area contributed by atoms with Crippen molar-refractivity contribution in [3.05, 3.63) is 0 Å². The van der Waals surface area contributed by atoms with Crippen LogP contribution < -0.4 is 0 Å². The van der Waals surface area contributed by atoms with Gasteiger partial charge >= 0.3 is 0 Å². The number of hydrogen-bond donors (Lipinski definition) is 0. The van der Waals surface area contributed by atoms with E-state index in [-0.39, 0.29) is 11.8 Å². The highest BCUT2D eigenvalue weighted by Crippen LogP contribution is 2.37. The maximum atomic E-state index is 14.2. The molecule has 0 heterocycles. The summed E-state index contributed by atoms with van der Waals surface area (Å²) in [6, 6.07) is 0. The smallest absolute Gasteiger partial charge is 0.105 e. The average Bonchev–Trinajstić information content (AvgIpc) is 2.31. The molecule has 0 saturated heterocycles. The molecule has 0 aromatic carbocycles. The Bertz CT molecular complexity index is 202. The van der Waals surface area contributed by atoms with E-state index in [1.807, 2.05) is 0 Å². The standard InChI is InChI=1S/C15H29F/c1-6-14-9-12(4)15(16)11(3)8-7-10(2)13(14)5/h10-15H,6-9H2,1-5H3/t10-,11?,12-,13?,14?,15?/m0/s1. The molecular weight excluding hydrogens is 199 g/mol. The molecule has 0 radical (unpaired) electrons. The first-order chi connectivity index (χ1) is 7.47. The third kappa shape index (κ3) is 3.21. The zero-order valence-electron chi connectivity index (χ0n) is 11.7. The predicted octanol–water partition coefficient (Wildman–Crippen LogP) is 5.08. The maximum Gasteiger partial charge on any atom is 0.105 e. The van der Waals surface area contributed by atoms with Crippen LogP contribution in [0.1, 0.15) is 60.3 Å². The summed E-state index contributed by atoms with van der Waals surface area (Å²) in [6.45, 7) is 11.2. The van der Waals surface area contributed by atoms with Crippen LogP contribution in [0.5, 0.6) is 0 Å². The molecule has 0 aromatic heterocycles. The van der Waals surface area contributed by atoms with Gasteiger partial charge in [-0.1, -0.05) is 47.5 Å². The number of halogens is 1. The highest BCUT2D eigenvalue weighted by atomic mass is 19.1. The number of alkyl halides is 1. The van der Waals surface area contributed by atoms with E-state index in [0.29, 0.717) is 5.92 Å². The van der Waals surface area contributed by atoms with Crippen molar-refractivity contribution in [1.29, 1.82) is 0 Å². The van der Waals surface area contributed by atoms with Gasteiger partial charge in [-0.25, -0.2) is 4.39 Å². The fourth-order valence-electron chi connectivity index (χ4n) is 3.33. The normalized spacial score (nSPS) is 46.9. The molecule has 0 nitrogen and oxygen atoms in total. The predicted molar refractivity (Wildman–Crippen MR) is 69.2 cm³/mol. The first-order valence-corrected chi connectivity index (χ1v) is 7.11. The second kappa shape index (κ2) is 6.02. The summed E-state index contributed by atoms with van der Waals surface area (Å²) >= 11 is 0. The van der Waals surface area contributed by atoms with Gasteiger partial charge in [0.1, 0.15) is 6.17 Å². The Kier molecular flexibility index (Phi) is 5.27. The molecule has 0 spiro atoms. The number of hydrogen-bond acceptors (Lipinski definition) is 0. The van der Waals surface area contributed by atoms with Gasteiger partial charge in [-0.3, -0.25) is 0 Å². The van der Waals surface area contributed by atoms with Gasteiger partial charge in [0.05, 0.1) is 0 Å². The highest BCUT2D eigenvalue weighted by molar-refractivity contribution is 4.81. The second-order valence-electron chi connectivity index (χ2n) is 6.22. The van der Waals surface area contributed by atoms with E-state index in [9.17, 15) is 4.39 Å². The summed E-state index contributed by atoms with van der Waals surface area (Å²) in [4.78, 5) is 0. The van der Waals surface area contributed by atoms with Crippen LogP contribution in [-0.2, 0) is 0 Å². The molecular formula is C15H29F. The molecule has 0 amide bonds. The van der Waals surface area contributed by atoms with Crippen molar-refractivity contribution >= 4 is 0 Å². The quantitative estimate of drug-likeness (QED) is 0.587. The lowest BCUT2D eigenvalue weighted by Gasteiger charge is -2.29. The van der Waals surface area contributed by atoms with Crippen LogP contribution in [0.25, 0.3) is 0 Å². The van der Waals surface area contributed by atoms with E-state index in [0.717, 1.165) is 24.7 Å². The average molecular weight is 228 g/mol. The van der Waals surface area contributed by atoms with Gasteiger partial charge in [0.25, 0.3) is 0 Å². The van der Waals surface area contributed by atoms with Gasteiger partial charge in [0.15, 0.2) is 0 Å². The molecule has 1 saturated carbocycles. The van der Waals surface area contributed by atoms with E-state index in [1.54, 1.807) is 0 Å². The van der Waals surface area contributed by atoms with Crippen molar-refractivity contribution < 1.29 is 4.39 Å². The molecule has 6 atom stereocenters. The van der Waals surface area contributed by atoms with Crippen molar-refractivity contribution in [2.75, 3.05) is 0 Å². The lowest BCUT2D eigenvalue weighted by atomic mass is 9.77. The number of rotatable bonds is 1. The van der Waals surface area contributed by atoms with Crippen LogP contribution >= 0.6 is 0 Å². The maximum absolute atomic E-state index is 14.2. The summed E-state index contributed by atoms with van der Waals surface area (Å²) < 4.78 is 14.2. The minimum Gasteiger partial charge on any atom is -0.247 e. The summed E-state index contributed by atoms with van der Waals surface area (Å²) in [5.74, 6) is 2.72. The zero-order valence-corrected chi connectivity index (χ0v) is 11.7. The fourth-order valence-corrected chi connectivity index (χ4v) is 3.33. The van der Waals surface area contributed by atoms with Gasteiger partial charge < -0.3 is 0 Å². The molecule has 4 unspecified atom stereocenters. The third-order valence-corrected chi connectivity index (χ3v) is 5.00. The minimum atomic E-state index is -0.591. The summed E-state index contributed by atoms with van der Waals surface area (Å²) in [5.41, 5.74) is 0. The van der Waals surface area contributed by atoms with Crippen molar-refractivity contribution in [2.45, 2.75) is 66.5 Å². The second-order valence-corrected chi connectivity index (χ2v) is 6.22. The van der Waals surface area contributed by atoms with Gasteiger partial charge in [-0.15, -0.1) is 0 Å². The molecule has 0 aliphatic heterocycles. The van der Waals surface area contributed by atoms with Crippen LogP contribution in [0, 0.1) is 29.6 Å². The summed E-state index contributed by atoms with van der Waals surface area (Å²) in [5, 5.41) is 0. The van der Waals surface area contributed by atoms with E-state index in [2.05, 4.69) is 34.6 Å². The molecule has 16 heavy (non-hydrogen) atoms. The van der Waals surface area contributed by atoms with Crippen molar-refractivity contribution in [2.24, 2.45) is 29.6 Å². The Hall–Kier alpha value is -0.0700. The monoisotopic (exact) mass is 228 g/mol. The molecule has 0 bridgehead atoms. The molecule has 1 aliphatic carbocycles. The first kappa shape index (κ1) is 14.0. The Balaban J connectivity index is 2.77. The highest BCUT2D eigenvalue weighted by Gasteiger charge is 2.31. The Morgan fingerprint density at radius 2 is 1.50 bits per heavy atom. The van der Waals surface area contributed by atoms with Crippen molar-refractivity contribution in [3.8, 4) is 0 Å². The Morgan fingerprint density at radius 3 is 2.06 bits per heavy atom. The van der Waals surface area contributed by atoms with E-state index < -0.39 is 6.17 Å². The van der Waals surface area contributed by atoms with E-state index in [4.69, 9.17) is 0 Å². The molecule has 1 heteroatoms. The molecule has 1 rings (SSSR count). The van der Waals surface area contributed by atoms with Gasteiger partial charge in [-0.2, -0.15) is 0 Å². The van der Waals surface area contributed by atoms with Gasteiger partial charge in [0.2, 0.25) is 0 Å².